The lowest BCUT2D eigenvalue weighted by Gasteiger charge is -2.28. The summed E-state index contributed by atoms with van der Waals surface area (Å²) in [5.41, 5.74) is 1.40. The van der Waals surface area contributed by atoms with Gasteiger partial charge in [-0.05, 0) is 18.2 Å². The van der Waals surface area contributed by atoms with Gasteiger partial charge in [-0.15, -0.1) is 0 Å². The molecule has 0 aliphatic carbocycles. The highest BCUT2D eigenvalue weighted by molar-refractivity contribution is 6.30. The van der Waals surface area contributed by atoms with Gasteiger partial charge in [-0.3, -0.25) is 0 Å². The molecule has 1 heterocycles. The zero-order chi connectivity index (χ0) is 9.97. The molecule has 4 heteroatoms. The summed E-state index contributed by atoms with van der Waals surface area (Å²) in [6.07, 6.45) is 0. The SMILES string of the molecule is N#Cc1ccc(Cl)cc1NC1COC1. The molecule has 0 radical (unpaired) electrons. The summed E-state index contributed by atoms with van der Waals surface area (Å²) in [5.74, 6) is 0. The van der Waals surface area contributed by atoms with E-state index in [0.717, 1.165) is 5.69 Å². The third kappa shape index (κ3) is 1.82. The van der Waals surface area contributed by atoms with E-state index >= 15 is 0 Å². The predicted octanol–water partition coefficient (Wildman–Crippen LogP) is 2.02. The fraction of sp³-hybridized carbons (Fsp3) is 0.300. The predicted molar refractivity (Wildman–Crippen MR) is 54.4 cm³/mol. The minimum atomic E-state index is 0.306. The Balaban J connectivity index is 2.21. The lowest BCUT2D eigenvalue weighted by atomic mass is 10.1. The van der Waals surface area contributed by atoms with Crippen molar-refractivity contribution in [2.45, 2.75) is 6.04 Å². The molecule has 0 aromatic heterocycles. The van der Waals surface area contributed by atoms with Gasteiger partial charge in [0.1, 0.15) is 6.07 Å². The molecular weight excluding hydrogens is 200 g/mol. The first-order valence-corrected chi connectivity index (χ1v) is 4.71. The topological polar surface area (TPSA) is 45.0 Å². The van der Waals surface area contributed by atoms with E-state index in [9.17, 15) is 0 Å². The quantitative estimate of drug-likeness (QED) is 0.809. The van der Waals surface area contributed by atoms with Crippen LogP contribution in [0.15, 0.2) is 18.2 Å². The van der Waals surface area contributed by atoms with Crippen molar-refractivity contribution in [3.63, 3.8) is 0 Å². The fourth-order valence-electron chi connectivity index (χ4n) is 1.27. The van der Waals surface area contributed by atoms with Crippen LogP contribution in [0, 0.1) is 11.3 Å². The fourth-order valence-corrected chi connectivity index (χ4v) is 1.44. The van der Waals surface area contributed by atoms with Crippen molar-refractivity contribution < 1.29 is 4.74 Å². The van der Waals surface area contributed by atoms with Crippen molar-refractivity contribution in [1.82, 2.24) is 0 Å². The van der Waals surface area contributed by atoms with E-state index in [-0.39, 0.29) is 0 Å². The normalized spacial score (nSPS) is 15.7. The number of nitrogens with zero attached hydrogens (tertiary/aromatic N) is 1. The van der Waals surface area contributed by atoms with Gasteiger partial charge in [0.25, 0.3) is 0 Å². The van der Waals surface area contributed by atoms with Gasteiger partial charge in [0.2, 0.25) is 0 Å². The Labute approximate surface area is 87.2 Å². The Morgan fingerprint density at radius 2 is 2.29 bits per heavy atom. The first kappa shape index (κ1) is 9.32. The summed E-state index contributed by atoms with van der Waals surface area (Å²) in [4.78, 5) is 0. The van der Waals surface area contributed by atoms with Gasteiger partial charge in [0.15, 0.2) is 0 Å². The molecule has 0 saturated carbocycles. The van der Waals surface area contributed by atoms with Crippen LogP contribution in [0.1, 0.15) is 5.56 Å². The van der Waals surface area contributed by atoms with Crippen LogP contribution < -0.4 is 5.32 Å². The zero-order valence-electron chi connectivity index (χ0n) is 7.46. The zero-order valence-corrected chi connectivity index (χ0v) is 8.21. The van der Waals surface area contributed by atoms with Crippen LogP contribution in [0.3, 0.4) is 0 Å². The Kier molecular flexibility index (Phi) is 2.58. The van der Waals surface area contributed by atoms with Gasteiger partial charge in [0, 0.05) is 5.02 Å². The number of halogens is 1. The Bertz CT molecular complexity index is 382. The lowest BCUT2D eigenvalue weighted by Crippen LogP contribution is -2.40. The minimum absolute atomic E-state index is 0.306. The van der Waals surface area contributed by atoms with Crippen molar-refractivity contribution in [2.24, 2.45) is 0 Å². The van der Waals surface area contributed by atoms with E-state index in [4.69, 9.17) is 21.6 Å². The summed E-state index contributed by atoms with van der Waals surface area (Å²) >= 11 is 5.84. The van der Waals surface area contributed by atoms with Crippen molar-refractivity contribution in [3.8, 4) is 6.07 Å². The summed E-state index contributed by atoms with van der Waals surface area (Å²) in [7, 11) is 0. The van der Waals surface area contributed by atoms with Gasteiger partial charge in [-0.25, -0.2) is 0 Å². The lowest BCUT2D eigenvalue weighted by molar-refractivity contribution is 0.0211. The van der Waals surface area contributed by atoms with E-state index in [2.05, 4.69) is 11.4 Å². The molecule has 1 aromatic rings. The second-order valence-electron chi connectivity index (χ2n) is 3.18. The first-order chi connectivity index (χ1) is 6.79. The highest BCUT2D eigenvalue weighted by Gasteiger charge is 2.18. The number of benzene rings is 1. The van der Waals surface area contributed by atoms with E-state index in [1.165, 1.54) is 0 Å². The molecular formula is C10H9ClN2O. The van der Waals surface area contributed by atoms with E-state index < -0.39 is 0 Å². The standard InChI is InChI=1S/C10H9ClN2O/c11-8-2-1-7(4-12)10(3-8)13-9-5-14-6-9/h1-3,9,13H,5-6H2. The molecule has 1 aliphatic heterocycles. The monoisotopic (exact) mass is 208 g/mol. The minimum Gasteiger partial charge on any atom is -0.377 e. The number of hydrogen-bond acceptors (Lipinski definition) is 3. The third-order valence-corrected chi connectivity index (χ3v) is 2.33. The molecule has 0 atom stereocenters. The Morgan fingerprint density at radius 3 is 2.86 bits per heavy atom. The number of nitriles is 1. The van der Waals surface area contributed by atoms with Crippen molar-refractivity contribution in [1.29, 1.82) is 5.26 Å². The van der Waals surface area contributed by atoms with Crippen LogP contribution in [0.4, 0.5) is 5.69 Å². The van der Waals surface area contributed by atoms with E-state index in [1.54, 1.807) is 18.2 Å². The van der Waals surface area contributed by atoms with Gasteiger partial charge < -0.3 is 10.1 Å². The second-order valence-corrected chi connectivity index (χ2v) is 3.62. The van der Waals surface area contributed by atoms with Crippen molar-refractivity contribution >= 4 is 17.3 Å². The van der Waals surface area contributed by atoms with Crippen molar-refractivity contribution in [2.75, 3.05) is 18.5 Å². The Morgan fingerprint density at radius 1 is 1.50 bits per heavy atom. The average molecular weight is 209 g/mol. The largest absolute Gasteiger partial charge is 0.377 e. The highest BCUT2D eigenvalue weighted by atomic mass is 35.5. The van der Waals surface area contributed by atoms with E-state index in [1.807, 2.05) is 0 Å². The van der Waals surface area contributed by atoms with Crippen LogP contribution in [0.25, 0.3) is 0 Å². The van der Waals surface area contributed by atoms with Gasteiger partial charge >= 0.3 is 0 Å². The molecule has 1 fully saturated rings. The van der Waals surface area contributed by atoms with Crippen LogP contribution in [-0.2, 0) is 4.74 Å². The summed E-state index contributed by atoms with van der Waals surface area (Å²) in [6, 6.07) is 7.61. The number of rotatable bonds is 2. The molecule has 14 heavy (non-hydrogen) atoms. The molecule has 0 amide bonds. The van der Waals surface area contributed by atoms with Crippen LogP contribution >= 0.6 is 11.6 Å². The maximum absolute atomic E-state index is 8.85. The number of anilines is 1. The van der Waals surface area contributed by atoms with Gasteiger partial charge in [-0.2, -0.15) is 5.26 Å². The van der Waals surface area contributed by atoms with Crippen LogP contribution in [0.5, 0.6) is 0 Å². The average Bonchev–Trinajstić information content (AvgIpc) is 2.12. The summed E-state index contributed by atoms with van der Waals surface area (Å²) in [6.45, 7) is 1.38. The first-order valence-electron chi connectivity index (χ1n) is 4.33. The Hall–Kier alpha value is -1.24. The maximum atomic E-state index is 8.85. The molecule has 1 aliphatic rings. The van der Waals surface area contributed by atoms with E-state index in [0.29, 0.717) is 29.8 Å². The molecule has 0 bridgehead atoms. The molecule has 0 spiro atoms. The van der Waals surface area contributed by atoms with Crippen molar-refractivity contribution in [3.05, 3.63) is 28.8 Å². The number of nitrogens with one attached hydrogen (secondary N) is 1. The molecule has 3 nitrogen and oxygen atoms in total. The highest BCUT2D eigenvalue weighted by Crippen LogP contribution is 2.22. The second kappa shape index (κ2) is 3.87. The smallest absolute Gasteiger partial charge is 0.101 e. The van der Waals surface area contributed by atoms with Gasteiger partial charge in [-0.1, -0.05) is 11.6 Å². The maximum Gasteiger partial charge on any atom is 0.101 e. The molecule has 72 valence electrons. The molecule has 1 aromatic carbocycles. The molecule has 0 unspecified atom stereocenters. The molecule has 1 N–H and O–H groups in total. The summed E-state index contributed by atoms with van der Waals surface area (Å²) < 4.78 is 5.03. The third-order valence-electron chi connectivity index (χ3n) is 2.10. The molecule has 1 saturated heterocycles. The van der Waals surface area contributed by atoms with Crippen LogP contribution in [0.2, 0.25) is 5.02 Å². The molecule has 2 rings (SSSR count). The van der Waals surface area contributed by atoms with Crippen LogP contribution in [-0.4, -0.2) is 19.3 Å². The summed E-state index contributed by atoms with van der Waals surface area (Å²) in [5, 5.41) is 12.7. The number of ether oxygens (including phenoxy) is 1. The van der Waals surface area contributed by atoms with Gasteiger partial charge in [0.05, 0.1) is 30.5 Å². The number of hydrogen-bond donors (Lipinski definition) is 1.